The van der Waals surface area contributed by atoms with Crippen LogP contribution in [0.3, 0.4) is 0 Å². The molecule has 6 nitrogen and oxygen atoms in total. The number of halogens is 1. The molecule has 1 aromatic heterocycles. The molecule has 150 valence electrons. The van der Waals surface area contributed by atoms with Gasteiger partial charge < -0.3 is 10.1 Å². The van der Waals surface area contributed by atoms with Crippen LogP contribution >= 0.6 is 0 Å². The van der Waals surface area contributed by atoms with Crippen LogP contribution in [0.2, 0.25) is 0 Å². The van der Waals surface area contributed by atoms with Crippen molar-refractivity contribution in [1.82, 2.24) is 14.7 Å². The summed E-state index contributed by atoms with van der Waals surface area (Å²) in [6, 6.07) is 14.2. The molecule has 1 N–H and O–H groups in total. The summed E-state index contributed by atoms with van der Waals surface area (Å²) in [5, 5.41) is 7.08. The van der Waals surface area contributed by atoms with Gasteiger partial charge in [0.1, 0.15) is 11.5 Å². The van der Waals surface area contributed by atoms with Crippen LogP contribution in [0.4, 0.5) is 10.1 Å². The summed E-state index contributed by atoms with van der Waals surface area (Å²) in [6.07, 6.45) is 1.46. The Kier molecular flexibility index (Phi) is 5.69. The zero-order chi connectivity index (χ0) is 20.2. The van der Waals surface area contributed by atoms with Gasteiger partial charge in [-0.15, -0.1) is 0 Å². The van der Waals surface area contributed by atoms with E-state index in [9.17, 15) is 9.18 Å². The molecule has 0 atom stereocenters. The van der Waals surface area contributed by atoms with Gasteiger partial charge in [-0.2, -0.15) is 5.10 Å². The number of aromatic nitrogens is 2. The summed E-state index contributed by atoms with van der Waals surface area (Å²) in [5.74, 6) is -0.660. The summed E-state index contributed by atoms with van der Waals surface area (Å²) >= 11 is 0. The van der Waals surface area contributed by atoms with E-state index in [1.165, 1.54) is 22.5 Å². The molecule has 0 spiro atoms. The molecule has 1 aliphatic rings. The Morgan fingerprint density at radius 1 is 1.14 bits per heavy atom. The summed E-state index contributed by atoms with van der Waals surface area (Å²) in [4.78, 5) is 15.0. The zero-order valence-electron chi connectivity index (χ0n) is 16.3. The molecule has 2 aromatic carbocycles. The van der Waals surface area contributed by atoms with Crippen LogP contribution in [0.15, 0.2) is 54.7 Å². The molecule has 1 aliphatic heterocycles. The Labute approximate surface area is 168 Å². The van der Waals surface area contributed by atoms with E-state index in [0.29, 0.717) is 22.6 Å². The Hall–Kier alpha value is -3.03. The number of nitrogens with one attached hydrogen (secondary N) is 1. The number of nitrogens with zero attached hydrogens (tertiary/aromatic N) is 3. The van der Waals surface area contributed by atoms with Crippen molar-refractivity contribution in [1.29, 1.82) is 0 Å². The highest BCUT2D eigenvalue weighted by Crippen LogP contribution is 2.19. The van der Waals surface area contributed by atoms with E-state index in [1.807, 2.05) is 24.3 Å². The summed E-state index contributed by atoms with van der Waals surface area (Å²) < 4.78 is 20.9. The van der Waals surface area contributed by atoms with Crippen molar-refractivity contribution in [2.24, 2.45) is 0 Å². The smallest absolute Gasteiger partial charge is 0.259 e. The van der Waals surface area contributed by atoms with E-state index < -0.39 is 0 Å². The van der Waals surface area contributed by atoms with Crippen LogP contribution in [-0.4, -0.2) is 46.9 Å². The molecule has 2 heterocycles. The quantitative estimate of drug-likeness (QED) is 0.721. The number of morpholine rings is 1. The average Bonchev–Trinajstić information content (AvgIpc) is 3.12. The van der Waals surface area contributed by atoms with Gasteiger partial charge in [0, 0.05) is 25.3 Å². The van der Waals surface area contributed by atoms with E-state index >= 15 is 0 Å². The number of carbonyl (C=O) groups excluding carboxylic acids is 1. The first kappa shape index (κ1) is 19.3. The lowest BCUT2D eigenvalue weighted by molar-refractivity contribution is 0.0342. The van der Waals surface area contributed by atoms with Crippen LogP contribution in [0.5, 0.6) is 0 Å². The highest BCUT2D eigenvalue weighted by molar-refractivity contribution is 6.05. The molecular weight excluding hydrogens is 371 g/mol. The van der Waals surface area contributed by atoms with Gasteiger partial charge in [0.25, 0.3) is 5.91 Å². The molecule has 1 saturated heterocycles. The maximum Gasteiger partial charge on any atom is 0.259 e. The number of benzene rings is 2. The highest BCUT2D eigenvalue weighted by Gasteiger charge is 2.17. The minimum atomic E-state index is -0.387. The van der Waals surface area contributed by atoms with Crippen LogP contribution < -0.4 is 5.32 Å². The van der Waals surface area contributed by atoms with Gasteiger partial charge in [0.2, 0.25) is 0 Å². The Morgan fingerprint density at radius 3 is 2.59 bits per heavy atom. The van der Waals surface area contributed by atoms with Crippen LogP contribution in [-0.2, 0) is 11.3 Å². The second-order valence-corrected chi connectivity index (χ2v) is 7.05. The minimum absolute atomic E-state index is 0.272. The lowest BCUT2D eigenvalue weighted by atomic mass is 10.1. The maximum absolute atomic E-state index is 14.0. The minimum Gasteiger partial charge on any atom is -0.379 e. The van der Waals surface area contributed by atoms with Gasteiger partial charge >= 0.3 is 0 Å². The first-order valence-corrected chi connectivity index (χ1v) is 9.62. The zero-order valence-corrected chi connectivity index (χ0v) is 16.3. The number of amides is 1. The Bertz CT molecular complexity index is 994. The fourth-order valence-corrected chi connectivity index (χ4v) is 3.41. The number of hydrogen-bond donors (Lipinski definition) is 1. The number of hydrogen-bond acceptors (Lipinski definition) is 4. The first-order chi connectivity index (χ1) is 14.1. The molecule has 0 bridgehead atoms. The van der Waals surface area contributed by atoms with Crippen molar-refractivity contribution >= 4 is 11.6 Å². The van der Waals surface area contributed by atoms with E-state index in [2.05, 4.69) is 15.3 Å². The summed E-state index contributed by atoms with van der Waals surface area (Å²) in [5.41, 5.74) is 3.20. The average molecular weight is 394 g/mol. The van der Waals surface area contributed by atoms with E-state index in [-0.39, 0.29) is 11.7 Å². The number of carbonyl (C=O) groups is 1. The largest absolute Gasteiger partial charge is 0.379 e. The van der Waals surface area contributed by atoms with Gasteiger partial charge in [-0.25, -0.2) is 9.07 Å². The predicted molar refractivity (Wildman–Crippen MR) is 109 cm³/mol. The van der Waals surface area contributed by atoms with Crippen LogP contribution in [0, 0.1) is 12.7 Å². The highest BCUT2D eigenvalue weighted by atomic mass is 19.1. The second kappa shape index (κ2) is 8.55. The fourth-order valence-electron chi connectivity index (χ4n) is 3.41. The van der Waals surface area contributed by atoms with Crippen LogP contribution in [0.25, 0.3) is 5.69 Å². The molecule has 29 heavy (non-hydrogen) atoms. The van der Waals surface area contributed by atoms with Gasteiger partial charge in [-0.1, -0.05) is 24.3 Å². The normalized spacial score (nSPS) is 14.7. The lowest BCUT2D eigenvalue weighted by Crippen LogP contribution is -2.35. The van der Waals surface area contributed by atoms with E-state index in [4.69, 9.17) is 4.74 Å². The third-order valence-corrected chi connectivity index (χ3v) is 5.06. The summed E-state index contributed by atoms with van der Waals surface area (Å²) in [7, 11) is 0. The predicted octanol–water partition coefficient (Wildman–Crippen LogP) is 3.40. The van der Waals surface area contributed by atoms with Crippen molar-refractivity contribution < 1.29 is 13.9 Å². The molecule has 4 rings (SSSR count). The molecule has 7 heteroatoms. The van der Waals surface area contributed by atoms with Gasteiger partial charge in [-0.05, 0) is 36.8 Å². The molecule has 1 fully saturated rings. The van der Waals surface area contributed by atoms with Crippen LogP contribution in [0.1, 0.15) is 21.6 Å². The van der Waals surface area contributed by atoms with Gasteiger partial charge in [-0.3, -0.25) is 9.69 Å². The summed E-state index contributed by atoms with van der Waals surface area (Å²) in [6.45, 7) is 6.03. The number of anilines is 1. The maximum atomic E-state index is 14.0. The number of ether oxygens (including phenoxy) is 1. The van der Waals surface area contributed by atoms with Crippen molar-refractivity contribution in [2.45, 2.75) is 13.5 Å². The van der Waals surface area contributed by atoms with Crippen molar-refractivity contribution in [3.63, 3.8) is 0 Å². The fraction of sp³-hybridized carbons (Fsp3) is 0.273. The third-order valence-electron chi connectivity index (χ3n) is 5.06. The van der Waals surface area contributed by atoms with Crippen molar-refractivity contribution in [3.05, 3.63) is 77.4 Å². The molecule has 0 radical (unpaired) electrons. The first-order valence-electron chi connectivity index (χ1n) is 9.62. The van der Waals surface area contributed by atoms with E-state index in [1.54, 1.807) is 25.1 Å². The van der Waals surface area contributed by atoms with E-state index in [0.717, 1.165) is 32.8 Å². The van der Waals surface area contributed by atoms with Crippen molar-refractivity contribution in [2.75, 3.05) is 31.6 Å². The van der Waals surface area contributed by atoms with Gasteiger partial charge in [0.05, 0.1) is 30.7 Å². The third kappa shape index (κ3) is 4.36. The SMILES string of the molecule is Cc1c(C(=O)Nc2ccc(CN3CCOCC3)cc2)cnn1-c1ccccc1F. The number of rotatable bonds is 5. The molecule has 0 aliphatic carbocycles. The Balaban J connectivity index is 1.44. The molecule has 0 unspecified atom stereocenters. The standard InChI is InChI=1S/C22H23FN4O2/c1-16-19(14-24-27(16)21-5-3-2-4-20(21)23)22(28)25-18-8-6-17(7-9-18)15-26-10-12-29-13-11-26/h2-9,14H,10-13,15H2,1H3,(H,25,28). The molecule has 1 amide bonds. The number of para-hydroxylation sites is 1. The molecule has 0 saturated carbocycles. The molecule has 3 aromatic rings. The van der Waals surface area contributed by atoms with Gasteiger partial charge in [0.15, 0.2) is 0 Å². The Morgan fingerprint density at radius 2 is 1.86 bits per heavy atom. The topological polar surface area (TPSA) is 59.4 Å². The monoisotopic (exact) mass is 394 g/mol. The lowest BCUT2D eigenvalue weighted by Gasteiger charge is -2.26. The molecular formula is C22H23FN4O2. The second-order valence-electron chi connectivity index (χ2n) is 7.05. The van der Waals surface area contributed by atoms with Crippen molar-refractivity contribution in [3.8, 4) is 5.69 Å².